The Morgan fingerprint density at radius 1 is 1.04 bits per heavy atom. The van der Waals surface area contributed by atoms with E-state index in [1.54, 1.807) is 22.7 Å². The van der Waals surface area contributed by atoms with E-state index < -0.39 is 29.6 Å². The SMILES string of the molecule is C=CC(=O)N1C[C@H](C)n2nc(-c3nc(-c4ccc5c(c4)nc(C)n5C)c4scc(F)c4c3-c3c(F)cc(F)cc3O[C@H]3CCN(C)C3=O)cc2[C@H]1C. The number of likely N-dealkylation sites (tertiary alicyclic amines) is 1. The van der Waals surface area contributed by atoms with Gasteiger partial charge in [0.05, 0.1) is 44.8 Å². The second kappa shape index (κ2) is 12.3. The minimum absolute atomic E-state index is 0.00772. The first-order chi connectivity index (χ1) is 24.9. The van der Waals surface area contributed by atoms with Gasteiger partial charge in [0, 0.05) is 67.6 Å². The van der Waals surface area contributed by atoms with Gasteiger partial charge >= 0.3 is 0 Å². The Labute approximate surface area is 300 Å². The Hall–Kier alpha value is -5.50. The Morgan fingerprint density at radius 2 is 1.83 bits per heavy atom. The van der Waals surface area contributed by atoms with Gasteiger partial charge in [-0.3, -0.25) is 14.3 Å². The molecule has 0 aliphatic carbocycles. The van der Waals surface area contributed by atoms with Crippen LogP contribution in [0.1, 0.15) is 43.9 Å². The average Bonchev–Trinajstić information content (AvgIpc) is 3.88. The standard InChI is InChI=1S/C38H34F3N7O3S/c1-7-31(49)47-16-18(2)48-28(19(47)3)15-26(44-48)36-34(32-23(40)13-22(39)14-30(32)51-29-10-11-45(5)38(29)50)33-24(41)17-52-37(33)35(43-36)21-8-9-27-25(12-21)42-20(4)46(27)6/h7-9,12-15,17-19,29H,1,10-11,16H2,2-6H3/t18-,19+,29-/m0/s1. The second-order valence-corrected chi connectivity index (χ2v) is 14.3. The normalized spacial score (nSPS) is 18.8. The molecule has 1 saturated heterocycles. The number of pyridine rings is 1. The smallest absolute Gasteiger partial charge is 0.263 e. The zero-order valence-corrected chi connectivity index (χ0v) is 29.9. The zero-order chi connectivity index (χ0) is 36.7. The third-order valence-electron chi connectivity index (χ3n) is 10.2. The molecule has 10 nitrogen and oxygen atoms in total. The number of likely N-dealkylation sites (N-methyl/N-ethyl adjacent to an activating group) is 1. The fourth-order valence-corrected chi connectivity index (χ4v) is 8.31. The van der Waals surface area contributed by atoms with Gasteiger partial charge in [-0.05, 0) is 45.0 Å². The summed E-state index contributed by atoms with van der Waals surface area (Å²) < 4.78 is 58.0. The summed E-state index contributed by atoms with van der Waals surface area (Å²) in [5.41, 5.74) is 3.53. The van der Waals surface area contributed by atoms with E-state index in [1.165, 1.54) is 16.4 Å². The van der Waals surface area contributed by atoms with Crippen LogP contribution in [-0.4, -0.2) is 72.2 Å². The molecular formula is C38H34F3N7O3S. The number of ether oxygens (including phenoxy) is 1. The van der Waals surface area contributed by atoms with Crippen molar-refractivity contribution in [2.45, 2.75) is 45.4 Å². The summed E-state index contributed by atoms with van der Waals surface area (Å²) in [6, 6.07) is 8.49. The fourth-order valence-electron chi connectivity index (χ4n) is 7.38. The molecule has 3 atom stereocenters. The van der Waals surface area contributed by atoms with Crippen LogP contribution < -0.4 is 4.74 Å². The van der Waals surface area contributed by atoms with Gasteiger partial charge in [-0.15, -0.1) is 11.3 Å². The molecule has 0 unspecified atom stereocenters. The van der Waals surface area contributed by atoms with Gasteiger partial charge in [0.2, 0.25) is 5.91 Å². The molecule has 1 fully saturated rings. The first kappa shape index (κ1) is 33.6. The molecule has 0 spiro atoms. The van der Waals surface area contributed by atoms with Crippen molar-refractivity contribution < 1.29 is 27.5 Å². The number of halogens is 3. The van der Waals surface area contributed by atoms with E-state index in [2.05, 4.69) is 11.6 Å². The average molecular weight is 726 g/mol. The Kier molecular flexibility index (Phi) is 7.97. The number of aryl methyl sites for hydroxylation is 2. The molecule has 0 bridgehead atoms. The highest BCUT2D eigenvalue weighted by atomic mass is 32.1. The number of rotatable bonds is 6. The van der Waals surface area contributed by atoms with Gasteiger partial charge in [0.1, 0.15) is 40.4 Å². The number of aromatic nitrogens is 5. The molecule has 2 aliphatic heterocycles. The summed E-state index contributed by atoms with van der Waals surface area (Å²) in [5.74, 6) is -2.60. The number of imidazole rings is 1. The lowest BCUT2D eigenvalue weighted by molar-refractivity contribution is -0.132. The van der Waals surface area contributed by atoms with Crippen molar-refractivity contribution in [2.24, 2.45) is 7.05 Å². The van der Waals surface area contributed by atoms with Crippen molar-refractivity contribution in [1.82, 2.24) is 34.1 Å². The molecule has 14 heteroatoms. The molecule has 2 aromatic carbocycles. The van der Waals surface area contributed by atoms with Crippen LogP contribution in [0.25, 0.3) is 54.9 Å². The molecule has 6 aromatic rings. The maximum absolute atomic E-state index is 16.4. The molecule has 0 radical (unpaired) electrons. The van der Waals surface area contributed by atoms with E-state index in [4.69, 9.17) is 14.8 Å². The highest BCUT2D eigenvalue weighted by Gasteiger charge is 2.36. The summed E-state index contributed by atoms with van der Waals surface area (Å²) >= 11 is 1.10. The van der Waals surface area contributed by atoms with Crippen molar-refractivity contribution in [3.63, 3.8) is 0 Å². The minimum atomic E-state index is -1.02. The Bertz CT molecular complexity index is 2490. The molecule has 0 N–H and O–H groups in total. The van der Waals surface area contributed by atoms with Crippen LogP contribution in [0.5, 0.6) is 5.75 Å². The number of thiophene rings is 1. The van der Waals surface area contributed by atoms with Gasteiger partial charge < -0.3 is 19.1 Å². The summed E-state index contributed by atoms with van der Waals surface area (Å²) in [7, 11) is 3.54. The maximum Gasteiger partial charge on any atom is 0.263 e. The molecule has 8 rings (SSSR count). The van der Waals surface area contributed by atoms with Gasteiger partial charge in [0.15, 0.2) is 6.10 Å². The number of hydrogen-bond donors (Lipinski definition) is 0. The van der Waals surface area contributed by atoms with E-state index in [9.17, 15) is 14.0 Å². The van der Waals surface area contributed by atoms with Crippen LogP contribution in [-0.2, 0) is 16.6 Å². The van der Waals surface area contributed by atoms with Crippen LogP contribution in [0.15, 0.2) is 54.4 Å². The summed E-state index contributed by atoms with van der Waals surface area (Å²) in [6.07, 6.45) is 0.575. The summed E-state index contributed by atoms with van der Waals surface area (Å²) in [4.78, 5) is 38.7. The fraction of sp³-hybridized carbons (Fsp3) is 0.289. The predicted molar refractivity (Wildman–Crippen MR) is 192 cm³/mol. The van der Waals surface area contributed by atoms with Gasteiger partial charge in [-0.25, -0.2) is 23.1 Å². The highest BCUT2D eigenvalue weighted by molar-refractivity contribution is 7.17. The van der Waals surface area contributed by atoms with E-state index in [0.717, 1.165) is 28.7 Å². The maximum atomic E-state index is 16.4. The number of fused-ring (bicyclic) bond motifs is 3. The number of nitrogens with zero attached hydrogens (tertiary/aromatic N) is 7. The number of carbonyl (C=O) groups is 2. The number of hydrogen-bond acceptors (Lipinski definition) is 7. The van der Waals surface area contributed by atoms with Gasteiger partial charge in [-0.1, -0.05) is 12.6 Å². The molecule has 266 valence electrons. The topological polar surface area (TPSA) is 98.4 Å². The first-order valence-electron chi connectivity index (χ1n) is 16.8. The molecular weight excluding hydrogens is 692 g/mol. The quantitative estimate of drug-likeness (QED) is 0.167. The van der Waals surface area contributed by atoms with Gasteiger partial charge in [0.25, 0.3) is 5.91 Å². The van der Waals surface area contributed by atoms with Crippen molar-refractivity contribution in [3.05, 3.63) is 83.4 Å². The molecule has 2 aliphatic rings. The number of amides is 2. The third-order valence-corrected chi connectivity index (χ3v) is 11.2. The van der Waals surface area contributed by atoms with E-state index in [1.807, 2.05) is 50.6 Å². The number of carbonyl (C=O) groups excluding carboxylic acids is 2. The predicted octanol–water partition coefficient (Wildman–Crippen LogP) is 7.37. The highest BCUT2D eigenvalue weighted by Crippen LogP contribution is 2.49. The largest absolute Gasteiger partial charge is 0.480 e. The van der Waals surface area contributed by atoms with Crippen LogP contribution in [0, 0.1) is 24.4 Å². The third kappa shape index (κ3) is 5.18. The molecule has 52 heavy (non-hydrogen) atoms. The van der Waals surface area contributed by atoms with Crippen molar-refractivity contribution in [2.75, 3.05) is 20.1 Å². The van der Waals surface area contributed by atoms with Crippen molar-refractivity contribution in [1.29, 1.82) is 0 Å². The molecule has 0 saturated carbocycles. The van der Waals surface area contributed by atoms with E-state index in [-0.39, 0.29) is 51.5 Å². The monoisotopic (exact) mass is 725 g/mol. The lowest BCUT2D eigenvalue weighted by atomic mass is 9.94. The lowest BCUT2D eigenvalue weighted by Gasteiger charge is -2.36. The molecule has 6 heterocycles. The van der Waals surface area contributed by atoms with Crippen molar-refractivity contribution >= 4 is 44.3 Å². The second-order valence-electron chi connectivity index (χ2n) is 13.4. The van der Waals surface area contributed by atoms with E-state index in [0.29, 0.717) is 52.7 Å². The van der Waals surface area contributed by atoms with Crippen LogP contribution >= 0.6 is 11.3 Å². The van der Waals surface area contributed by atoms with Crippen molar-refractivity contribution in [3.8, 4) is 39.5 Å². The Morgan fingerprint density at radius 3 is 2.56 bits per heavy atom. The van der Waals surface area contributed by atoms with E-state index >= 15 is 8.78 Å². The summed E-state index contributed by atoms with van der Waals surface area (Å²) in [5, 5.41) is 6.31. The lowest BCUT2D eigenvalue weighted by Crippen LogP contribution is -2.42. The number of benzene rings is 2. The zero-order valence-electron chi connectivity index (χ0n) is 29.1. The van der Waals surface area contributed by atoms with Crippen LogP contribution in [0.4, 0.5) is 13.2 Å². The molecule has 4 aromatic heterocycles. The minimum Gasteiger partial charge on any atom is -0.480 e. The van der Waals surface area contributed by atoms with Crippen LogP contribution in [0.2, 0.25) is 0 Å². The Balaban J connectivity index is 1.43. The molecule has 2 amide bonds. The van der Waals surface area contributed by atoms with Crippen LogP contribution in [0.3, 0.4) is 0 Å². The summed E-state index contributed by atoms with van der Waals surface area (Å²) in [6.45, 7) is 10.1. The van der Waals surface area contributed by atoms with Gasteiger partial charge in [-0.2, -0.15) is 5.10 Å². The first-order valence-corrected chi connectivity index (χ1v) is 17.7.